The quantitative estimate of drug-likeness (QED) is 0.139. The predicted molar refractivity (Wildman–Crippen MR) is 196 cm³/mol. The summed E-state index contributed by atoms with van der Waals surface area (Å²) in [6, 6.07) is 4.11. The van der Waals surface area contributed by atoms with E-state index in [2.05, 4.69) is 83.1 Å². The van der Waals surface area contributed by atoms with Gasteiger partial charge in [-0.3, -0.25) is 10.1 Å². The van der Waals surface area contributed by atoms with Crippen LogP contribution in [0.5, 0.6) is 5.75 Å². The number of phenolic OH excluding ortho intramolecular Hbond substituents is 1. The number of aliphatic hydroxyl groups excluding tert-OH is 1. The highest BCUT2D eigenvalue weighted by atomic mass is 16.6. The minimum atomic E-state index is -0.505. The van der Waals surface area contributed by atoms with Gasteiger partial charge in [-0.2, -0.15) is 0 Å². The Morgan fingerprint density at radius 3 is 1.44 bits per heavy atom. The summed E-state index contributed by atoms with van der Waals surface area (Å²) in [5.41, 5.74) is 0.435. The van der Waals surface area contributed by atoms with Crippen LogP contribution in [-0.2, 0) is 0 Å². The summed E-state index contributed by atoms with van der Waals surface area (Å²) in [5.74, 6) is 3.52. The first-order valence-electron chi connectivity index (χ1n) is 16.9. The number of rotatable bonds is 10. The van der Waals surface area contributed by atoms with E-state index in [-0.39, 0.29) is 11.4 Å². The zero-order valence-corrected chi connectivity index (χ0v) is 31.3. The molecule has 0 saturated heterocycles. The van der Waals surface area contributed by atoms with Crippen LogP contribution < -0.4 is 0 Å². The molecule has 2 unspecified atom stereocenters. The predicted octanol–water partition coefficient (Wildman–Crippen LogP) is 12.8. The monoisotopic (exact) mass is 613 g/mol. The zero-order valence-electron chi connectivity index (χ0n) is 31.3. The molecule has 43 heavy (non-hydrogen) atoms. The SMILES string of the molecule is CC/C=C\c1ccc(O)cc1[N+](=O)[O-].CC=N.CCC.CCC(C)C.CCC(C)C(C)CC.CCCC(C)C.CCCO. The van der Waals surface area contributed by atoms with E-state index in [4.69, 9.17) is 15.6 Å². The first kappa shape index (κ1) is 53.4. The molecule has 0 aliphatic heterocycles. The van der Waals surface area contributed by atoms with Gasteiger partial charge in [0.25, 0.3) is 5.69 Å². The van der Waals surface area contributed by atoms with Crippen molar-refractivity contribution in [3.8, 4) is 5.75 Å². The van der Waals surface area contributed by atoms with Gasteiger partial charge in [0.15, 0.2) is 0 Å². The highest BCUT2D eigenvalue weighted by Crippen LogP contribution is 2.24. The molecule has 0 aromatic heterocycles. The summed E-state index contributed by atoms with van der Waals surface area (Å²) in [4.78, 5) is 10.1. The van der Waals surface area contributed by atoms with Crippen molar-refractivity contribution in [1.29, 1.82) is 5.41 Å². The van der Waals surface area contributed by atoms with Gasteiger partial charge < -0.3 is 15.6 Å². The molecule has 0 fully saturated rings. The van der Waals surface area contributed by atoms with E-state index < -0.39 is 4.92 Å². The normalized spacial score (nSPS) is 10.7. The largest absolute Gasteiger partial charge is 0.508 e. The molecular weight excluding hydrogens is 536 g/mol. The lowest BCUT2D eigenvalue weighted by Crippen LogP contribution is -2.04. The maximum atomic E-state index is 10.6. The smallest absolute Gasteiger partial charge is 0.280 e. The molecule has 6 heteroatoms. The molecule has 0 aliphatic carbocycles. The second kappa shape index (κ2) is 44.2. The van der Waals surface area contributed by atoms with E-state index in [1.54, 1.807) is 13.0 Å². The molecule has 1 rings (SSSR count). The molecule has 0 saturated carbocycles. The van der Waals surface area contributed by atoms with Crippen molar-refractivity contribution in [3.63, 3.8) is 0 Å². The average Bonchev–Trinajstić information content (AvgIpc) is 2.97. The van der Waals surface area contributed by atoms with Gasteiger partial charge in [-0.05, 0) is 61.8 Å². The van der Waals surface area contributed by atoms with E-state index in [0.717, 1.165) is 42.6 Å². The van der Waals surface area contributed by atoms with Crippen LogP contribution in [0.3, 0.4) is 0 Å². The lowest BCUT2D eigenvalue weighted by atomic mass is 9.92. The summed E-state index contributed by atoms with van der Waals surface area (Å²) in [6.45, 7) is 32.7. The first-order chi connectivity index (χ1) is 20.1. The van der Waals surface area contributed by atoms with Crippen molar-refractivity contribution in [2.45, 2.75) is 155 Å². The first-order valence-corrected chi connectivity index (χ1v) is 16.9. The Bertz CT molecular complexity index is 694. The van der Waals surface area contributed by atoms with Crippen LogP contribution >= 0.6 is 0 Å². The van der Waals surface area contributed by atoms with Crippen molar-refractivity contribution in [2.75, 3.05) is 6.61 Å². The number of allylic oxidation sites excluding steroid dienone is 1. The van der Waals surface area contributed by atoms with Gasteiger partial charge in [0, 0.05) is 6.61 Å². The third kappa shape index (κ3) is 52.8. The van der Waals surface area contributed by atoms with Crippen LogP contribution in [0.25, 0.3) is 6.08 Å². The molecule has 1 aromatic rings. The Hall–Kier alpha value is -2.21. The number of nitro benzene ring substituents is 1. The van der Waals surface area contributed by atoms with Crippen LogP contribution in [0.4, 0.5) is 5.69 Å². The number of hydrogen-bond acceptors (Lipinski definition) is 5. The fourth-order valence-electron chi connectivity index (χ4n) is 2.46. The lowest BCUT2D eigenvalue weighted by molar-refractivity contribution is -0.385. The Balaban J connectivity index is -0.000000102. The molecular formula is C37H76N2O4. The molecule has 0 spiro atoms. The summed E-state index contributed by atoms with van der Waals surface area (Å²) in [5, 5.41) is 33.6. The number of aliphatic hydroxyl groups is 1. The summed E-state index contributed by atoms with van der Waals surface area (Å²) in [7, 11) is 0. The van der Waals surface area contributed by atoms with Crippen molar-refractivity contribution in [2.24, 2.45) is 23.7 Å². The number of nitrogens with one attached hydrogen (secondary N) is 1. The number of benzene rings is 1. The van der Waals surface area contributed by atoms with E-state index >= 15 is 0 Å². The van der Waals surface area contributed by atoms with Crippen molar-refractivity contribution < 1.29 is 15.1 Å². The number of hydrogen-bond donors (Lipinski definition) is 3. The maximum absolute atomic E-state index is 10.6. The second-order valence-electron chi connectivity index (χ2n) is 11.3. The maximum Gasteiger partial charge on any atom is 0.280 e. The Kier molecular flexibility index (Phi) is 54.9. The number of phenols is 1. The standard InChI is InChI=1S/C10H11NO3.C8H18.C6H14.C5H12.C3H8O.C3H8.C2H5N/c1-2-3-4-8-5-6-9(12)7-10(8)11(13)14;1-5-7(3)8(4)6-2;1-4-5-6(2)3;1-4-5(2)3;1-2-3-4;1-3-2;1-2-3/h3-7,12H,2H2,1H3;7-8H,5-6H2,1-4H3;6H,4-5H2,1-3H3;5H,4H2,1-3H3;4H,2-3H2,1H3;3H2,1-2H3;2-3H,1H3/b4-3-;;;;;;. The highest BCUT2D eigenvalue weighted by Gasteiger charge is 2.11. The molecule has 2 atom stereocenters. The second-order valence-corrected chi connectivity index (χ2v) is 11.3. The molecule has 0 radical (unpaired) electrons. The van der Waals surface area contributed by atoms with Gasteiger partial charge in [0.1, 0.15) is 5.75 Å². The summed E-state index contributed by atoms with van der Waals surface area (Å²) < 4.78 is 0. The number of aromatic hydroxyl groups is 1. The molecule has 0 heterocycles. The Morgan fingerprint density at radius 1 is 0.837 bits per heavy atom. The van der Waals surface area contributed by atoms with Crippen LogP contribution in [0.15, 0.2) is 24.3 Å². The number of nitrogens with zero attached hydrogens (tertiary/aromatic N) is 1. The van der Waals surface area contributed by atoms with E-state index in [1.165, 1.54) is 56.9 Å². The van der Waals surface area contributed by atoms with Gasteiger partial charge in [-0.1, -0.05) is 148 Å². The van der Waals surface area contributed by atoms with Gasteiger partial charge >= 0.3 is 0 Å². The van der Waals surface area contributed by atoms with Gasteiger partial charge in [-0.15, -0.1) is 0 Å². The minimum absolute atomic E-state index is 0.0744. The highest BCUT2D eigenvalue weighted by molar-refractivity contribution is 5.62. The molecule has 258 valence electrons. The Labute approximate surface area is 269 Å². The van der Waals surface area contributed by atoms with E-state index in [1.807, 2.05) is 19.9 Å². The van der Waals surface area contributed by atoms with Gasteiger partial charge in [-0.25, -0.2) is 0 Å². The molecule has 0 aliphatic rings. The molecule has 0 bridgehead atoms. The molecule has 3 N–H and O–H groups in total. The lowest BCUT2D eigenvalue weighted by Gasteiger charge is -2.14. The van der Waals surface area contributed by atoms with Crippen LogP contribution in [-0.4, -0.2) is 28.0 Å². The fraction of sp³-hybridized carbons (Fsp3) is 0.757. The zero-order chi connectivity index (χ0) is 35.2. The van der Waals surface area contributed by atoms with Crippen LogP contribution in [0.1, 0.15) is 161 Å². The third-order valence-corrected chi connectivity index (χ3v) is 5.91. The summed E-state index contributed by atoms with van der Waals surface area (Å²) in [6.07, 6.45) is 14.4. The third-order valence-electron chi connectivity index (χ3n) is 5.91. The fourth-order valence-corrected chi connectivity index (χ4v) is 2.46. The Morgan fingerprint density at radius 2 is 1.23 bits per heavy atom. The van der Waals surface area contributed by atoms with Crippen LogP contribution in [0.2, 0.25) is 0 Å². The van der Waals surface area contributed by atoms with E-state index in [9.17, 15) is 10.1 Å². The summed E-state index contributed by atoms with van der Waals surface area (Å²) >= 11 is 0. The van der Waals surface area contributed by atoms with Crippen molar-refractivity contribution in [3.05, 3.63) is 40.0 Å². The van der Waals surface area contributed by atoms with E-state index in [0.29, 0.717) is 12.2 Å². The average molecular weight is 613 g/mol. The molecule has 1 aromatic carbocycles. The van der Waals surface area contributed by atoms with Crippen molar-refractivity contribution in [1.82, 2.24) is 0 Å². The van der Waals surface area contributed by atoms with Crippen LogP contribution in [0, 0.1) is 39.2 Å². The topological polar surface area (TPSA) is 107 Å². The molecule has 6 nitrogen and oxygen atoms in total. The minimum Gasteiger partial charge on any atom is -0.508 e. The van der Waals surface area contributed by atoms with Crippen molar-refractivity contribution >= 4 is 18.0 Å². The molecule has 0 amide bonds. The van der Waals surface area contributed by atoms with Gasteiger partial charge in [0.05, 0.1) is 16.6 Å². The number of nitro groups is 1. The van der Waals surface area contributed by atoms with Gasteiger partial charge in [0.2, 0.25) is 0 Å².